The first-order valence-corrected chi connectivity index (χ1v) is 5.69. The van der Waals surface area contributed by atoms with Crippen LogP contribution >= 0.6 is 11.8 Å². The van der Waals surface area contributed by atoms with Gasteiger partial charge in [0, 0.05) is 7.05 Å². The zero-order chi connectivity index (χ0) is 13.1. The second-order valence-electron chi connectivity index (χ2n) is 3.33. The number of aliphatic hydroxyl groups is 1. The van der Waals surface area contributed by atoms with Crippen molar-refractivity contribution in [1.29, 1.82) is 0 Å². The molecule has 9 heteroatoms. The van der Waals surface area contributed by atoms with Crippen LogP contribution in [-0.2, 0) is 13.7 Å². The van der Waals surface area contributed by atoms with Crippen molar-refractivity contribution in [3.05, 3.63) is 34.4 Å². The average Bonchev–Trinajstić information content (AvgIpc) is 2.71. The molecule has 0 bridgehead atoms. The fourth-order valence-corrected chi connectivity index (χ4v) is 1.94. The summed E-state index contributed by atoms with van der Waals surface area (Å²) in [6.45, 7) is -0.106. The van der Waals surface area contributed by atoms with E-state index in [1.807, 2.05) is 0 Å². The molecule has 2 rings (SSSR count). The number of hydrogen-bond acceptors (Lipinski definition) is 7. The molecule has 0 aliphatic rings. The standard InChI is InChI=1S/C9H9N5O3S/c1-13-7(5-15)4-12-9(13)18-8-10-2-6(3-11-8)14(16)17/h2-4,15H,5H2,1H3. The van der Waals surface area contributed by atoms with Gasteiger partial charge in [0.1, 0.15) is 12.4 Å². The van der Waals surface area contributed by atoms with Crippen molar-refractivity contribution in [2.45, 2.75) is 16.9 Å². The van der Waals surface area contributed by atoms with E-state index in [0.29, 0.717) is 16.0 Å². The number of aromatic nitrogens is 4. The number of nitrogens with zero attached hydrogens (tertiary/aromatic N) is 5. The number of hydrogen-bond donors (Lipinski definition) is 1. The van der Waals surface area contributed by atoms with Gasteiger partial charge in [0.25, 0.3) is 0 Å². The Kier molecular flexibility index (Phi) is 3.53. The van der Waals surface area contributed by atoms with Crippen LogP contribution in [-0.4, -0.2) is 29.5 Å². The Morgan fingerprint density at radius 1 is 1.39 bits per heavy atom. The van der Waals surface area contributed by atoms with Gasteiger partial charge in [-0.1, -0.05) is 0 Å². The summed E-state index contributed by atoms with van der Waals surface area (Å²) in [6.07, 6.45) is 3.84. The molecule has 0 saturated heterocycles. The maximum atomic E-state index is 10.4. The van der Waals surface area contributed by atoms with E-state index in [2.05, 4.69) is 15.0 Å². The second-order valence-corrected chi connectivity index (χ2v) is 4.27. The van der Waals surface area contributed by atoms with Gasteiger partial charge >= 0.3 is 5.69 Å². The summed E-state index contributed by atoms with van der Waals surface area (Å²) in [4.78, 5) is 21.7. The summed E-state index contributed by atoms with van der Waals surface area (Å²) in [5.41, 5.74) is 0.509. The molecular formula is C9H9N5O3S. The van der Waals surface area contributed by atoms with E-state index >= 15 is 0 Å². The Balaban J connectivity index is 2.18. The van der Waals surface area contributed by atoms with Crippen LogP contribution in [0, 0.1) is 10.1 Å². The molecule has 2 aromatic rings. The zero-order valence-electron chi connectivity index (χ0n) is 9.35. The quantitative estimate of drug-likeness (QED) is 0.495. The van der Waals surface area contributed by atoms with Crippen molar-refractivity contribution >= 4 is 17.4 Å². The number of nitro groups is 1. The van der Waals surface area contributed by atoms with Gasteiger partial charge in [-0.15, -0.1) is 0 Å². The predicted molar refractivity (Wildman–Crippen MR) is 61.9 cm³/mol. The molecule has 2 heterocycles. The van der Waals surface area contributed by atoms with Crippen LogP contribution in [0.3, 0.4) is 0 Å². The highest BCUT2D eigenvalue weighted by molar-refractivity contribution is 7.99. The van der Waals surface area contributed by atoms with Crippen LogP contribution in [0.1, 0.15) is 5.69 Å². The molecule has 18 heavy (non-hydrogen) atoms. The van der Waals surface area contributed by atoms with E-state index in [-0.39, 0.29) is 12.3 Å². The van der Waals surface area contributed by atoms with Crippen molar-refractivity contribution in [2.24, 2.45) is 7.05 Å². The molecule has 94 valence electrons. The fraction of sp³-hybridized carbons (Fsp3) is 0.222. The van der Waals surface area contributed by atoms with Crippen LogP contribution in [0.4, 0.5) is 5.69 Å². The third-order valence-electron chi connectivity index (χ3n) is 2.21. The highest BCUT2D eigenvalue weighted by Gasteiger charge is 2.11. The lowest BCUT2D eigenvalue weighted by Gasteiger charge is -2.02. The fourth-order valence-electron chi connectivity index (χ4n) is 1.21. The topological polar surface area (TPSA) is 107 Å². The normalized spacial score (nSPS) is 10.6. The largest absolute Gasteiger partial charge is 0.390 e. The second kappa shape index (κ2) is 5.10. The van der Waals surface area contributed by atoms with Crippen LogP contribution in [0.25, 0.3) is 0 Å². The van der Waals surface area contributed by atoms with Gasteiger partial charge < -0.3 is 9.67 Å². The Bertz CT molecular complexity index is 568. The van der Waals surface area contributed by atoms with Crippen LogP contribution in [0.2, 0.25) is 0 Å². The van der Waals surface area contributed by atoms with E-state index in [9.17, 15) is 10.1 Å². The highest BCUT2D eigenvalue weighted by atomic mass is 32.2. The molecular weight excluding hydrogens is 258 g/mol. The van der Waals surface area contributed by atoms with Crippen molar-refractivity contribution in [1.82, 2.24) is 19.5 Å². The van der Waals surface area contributed by atoms with Gasteiger partial charge in [0.05, 0.1) is 23.4 Å². The molecule has 0 fully saturated rings. The molecule has 2 aromatic heterocycles. The molecule has 0 amide bonds. The summed E-state index contributed by atoms with van der Waals surface area (Å²) >= 11 is 1.17. The number of aliphatic hydroxyl groups excluding tert-OH is 1. The summed E-state index contributed by atoms with van der Waals surface area (Å²) in [5, 5.41) is 20.4. The Labute approximate surface area is 106 Å². The van der Waals surface area contributed by atoms with Crippen LogP contribution < -0.4 is 0 Å². The molecule has 0 spiro atoms. The van der Waals surface area contributed by atoms with E-state index in [1.165, 1.54) is 11.8 Å². The molecule has 8 nitrogen and oxygen atoms in total. The average molecular weight is 267 g/mol. The van der Waals surface area contributed by atoms with Crippen molar-refractivity contribution < 1.29 is 10.0 Å². The third kappa shape index (κ3) is 2.46. The smallest absolute Gasteiger partial charge is 0.305 e. The van der Waals surface area contributed by atoms with Gasteiger partial charge in [-0.2, -0.15) is 0 Å². The van der Waals surface area contributed by atoms with Crippen molar-refractivity contribution in [3.63, 3.8) is 0 Å². The van der Waals surface area contributed by atoms with Gasteiger partial charge in [-0.3, -0.25) is 10.1 Å². The van der Waals surface area contributed by atoms with E-state index in [4.69, 9.17) is 5.11 Å². The Morgan fingerprint density at radius 3 is 2.56 bits per heavy atom. The lowest BCUT2D eigenvalue weighted by molar-refractivity contribution is -0.385. The molecule has 0 atom stereocenters. The molecule has 0 unspecified atom stereocenters. The molecule has 1 N–H and O–H groups in total. The number of rotatable bonds is 4. The Hall–Kier alpha value is -2.00. The third-order valence-corrected chi connectivity index (χ3v) is 3.17. The molecule has 0 saturated carbocycles. The first-order valence-electron chi connectivity index (χ1n) is 4.87. The van der Waals surface area contributed by atoms with Gasteiger partial charge in [0.2, 0.25) is 0 Å². The lowest BCUT2D eigenvalue weighted by atomic mass is 10.5. The van der Waals surface area contributed by atoms with Crippen LogP contribution in [0.15, 0.2) is 28.9 Å². The first-order chi connectivity index (χ1) is 8.61. The van der Waals surface area contributed by atoms with E-state index in [1.54, 1.807) is 17.8 Å². The van der Waals surface area contributed by atoms with E-state index < -0.39 is 4.92 Å². The molecule has 0 aliphatic heterocycles. The zero-order valence-corrected chi connectivity index (χ0v) is 10.2. The SMILES string of the molecule is Cn1c(CO)cnc1Sc1ncc([N+](=O)[O-])cn1. The minimum absolute atomic E-state index is 0.106. The predicted octanol–water partition coefficient (Wildman–Crippen LogP) is 0.762. The maximum Gasteiger partial charge on any atom is 0.305 e. The lowest BCUT2D eigenvalue weighted by Crippen LogP contribution is -1.98. The first kappa shape index (κ1) is 12.5. The number of imidazole rings is 1. The summed E-state index contributed by atoms with van der Waals surface area (Å²) < 4.78 is 1.70. The van der Waals surface area contributed by atoms with Gasteiger partial charge in [-0.25, -0.2) is 15.0 Å². The monoisotopic (exact) mass is 267 g/mol. The molecule has 0 radical (unpaired) electrons. The van der Waals surface area contributed by atoms with Gasteiger partial charge in [-0.05, 0) is 11.8 Å². The van der Waals surface area contributed by atoms with Crippen LogP contribution in [0.5, 0.6) is 0 Å². The minimum Gasteiger partial charge on any atom is -0.390 e. The highest BCUT2D eigenvalue weighted by Crippen LogP contribution is 2.24. The van der Waals surface area contributed by atoms with Crippen molar-refractivity contribution in [2.75, 3.05) is 0 Å². The molecule has 0 aliphatic carbocycles. The molecule has 0 aromatic carbocycles. The Morgan fingerprint density at radius 2 is 2.06 bits per heavy atom. The summed E-state index contributed by atoms with van der Waals surface area (Å²) in [6, 6.07) is 0. The van der Waals surface area contributed by atoms with Crippen molar-refractivity contribution in [3.8, 4) is 0 Å². The maximum absolute atomic E-state index is 10.4. The van der Waals surface area contributed by atoms with Gasteiger partial charge in [0.15, 0.2) is 10.3 Å². The van der Waals surface area contributed by atoms with E-state index in [0.717, 1.165) is 12.4 Å². The summed E-state index contributed by atoms with van der Waals surface area (Å²) in [7, 11) is 1.76. The summed E-state index contributed by atoms with van der Waals surface area (Å²) in [5.74, 6) is 0. The minimum atomic E-state index is -0.556.